The summed E-state index contributed by atoms with van der Waals surface area (Å²) in [5, 5.41) is 2.00. The molecule has 0 aliphatic heterocycles. The van der Waals surface area contributed by atoms with Crippen LogP contribution in [0.1, 0.15) is 17.5 Å². The van der Waals surface area contributed by atoms with Gasteiger partial charge >= 0.3 is 0 Å². The van der Waals surface area contributed by atoms with Crippen molar-refractivity contribution in [2.24, 2.45) is 0 Å². The Balaban J connectivity index is 1.90. The van der Waals surface area contributed by atoms with E-state index in [1.165, 1.54) is 5.56 Å². The smallest absolute Gasteiger partial charge is 0.173 e. The molecule has 0 spiro atoms. The van der Waals surface area contributed by atoms with Gasteiger partial charge in [0, 0.05) is 6.08 Å². The Labute approximate surface area is 140 Å². The maximum Gasteiger partial charge on any atom is 0.270 e. The van der Waals surface area contributed by atoms with Crippen LogP contribution >= 0.6 is 0 Å². The second-order valence-electron chi connectivity index (χ2n) is 5.78. The van der Waals surface area contributed by atoms with Crippen LogP contribution in [0.25, 0.3) is 28.0 Å². The van der Waals surface area contributed by atoms with Crippen LogP contribution in [0.15, 0.2) is 79.4 Å². The highest BCUT2D eigenvalue weighted by atomic mass is 19.3. The lowest BCUT2D eigenvalue weighted by molar-refractivity contribution is 0.429. The summed E-state index contributed by atoms with van der Waals surface area (Å²) in [6, 6.07) is 20.0. The molecule has 0 saturated heterocycles. The Bertz CT molecular complexity index is 885. The van der Waals surface area contributed by atoms with Gasteiger partial charge in [0.05, 0.1) is 0 Å². The molecule has 0 bridgehead atoms. The number of fused-ring (bicyclic) bond motifs is 1. The fraction of sp³-hybridized carbons (Fsp3) is 0.0909. The second kappa shape index (κ2) is 7.22. The monoisotopic (exact) mass is 320 g/mol. The van der Waals surface area contributed by atoms with Crippen LogP contribution in [-0.4, -0.2) is 0 Å². The number of halogens is 2. The molecule has 0 nitrogen and oxygen atoms in total. The first kappa shape index (κ1) is 16.1. The molecule has 0 saturated carbocycles. The largest absolute Gasteiger partial charge is 0.270 e. The molecule has 0 heterocycles. The van der Waals surface area contributed by atoms with Crippen molar-refractivity contribution in [2.75, 3.05) is 0 Å². The van der Waals surface area contributed by atoms with Crippen LogP contribution in [0.3, 0.4) is 0 Å². The van der Waals surface area contributed by atoms with Crippen molar-refractivity contribution >= 4 is 16.8 Å². The highest BCUT2D eigenvalue weighted by Crippen LogP contribution is 2.26. The van der Waals surface area contributed by atoms with E-state index in [-0.39, 0.29) is 0 Å². The van der Waals surface area contributed by atoms with Crippen LogP contribution in [0, 0.1) is 0 Å². The highest BCUT2D eigenvalue weighted by Gasteiger charge is 2.02. The Hall–Kier alpha value is -2.74. The van der Waals surface area contributed by atoms with Gasteiger partial charge in [-0.15, -0.1) is 6.58 Å². The number of rotatable bonds is 5. The van der Waals surface area contributed by atoms with Crippen molar-refractivity contribution in [3.8, 4) is 11.1 Å². The van der Waals surface area contributed by atoms with Gasteiger partial charge in [-0.05, 0) is 58.0 Å². The summed E-state index contributed by atoms with van der Waals surface area (Å²) in [5.41, 5.74) is 4.08. The van der Waals surface area contributed by atoms with E-state index in [2.05, 4.69) is 36.9 Å². The van der Waals surface area contributed by atoms with E-state index in [0.717, 1.165) is 40.8 Å². The molecule has 0 N–H and O–H groups in total. The van der Waals surface area contributed by atoms with Crippen LogP contribution in [0.4, 0.5) is 8.78 Å². The molecule has 2 heteroatoms. The van der Waals surface area contributed by atoms with Gasteiger partial charge in [-0.2, -0.15) is 8.78 Å². The molecule has 24 heavy (non-hydrogen) atoms. The van der Waals surface area contributed by atoms with E-state index in [1.807, 2.05) is 24.3 Å². The summed E-state index contributed by atoms with van der Waals surface area (Å²) < 4.78 is 24.7. The topological polar surface area (TPSA) is 0 Å². The molecule has 3 aromatic rings. The van der Waals surface area contributed by atoms with Crippen LogP contribution in [0.5, 0.6) is 0 Å². The third kappa shape index (κ3) is 3.77. The van der Waals surface area contributed by atoms with Gasteiger partial charge < -0.3 is 0 Å². The van der Waals surface area contributed by atoms with Gasteiger partial charge in [-0.3, -0.25) is 0 Å². The average molecular weight is 320 g/mol. The normalized spacial score (nSPS) is 10.6. The van der Waals surface area contributed by atoms with Crippen molar-refractivity contribution < 1.29 is 8.78 Å². The standard InChI is InChI=1S/C22H18F2/c1-2-3-4-16-5-8-18(9-6-16)20-12-11-19-13-17(14-22(23)24)7-10-21(19)15-20/h2,5-15H,1,3-4H2. The summed E-state index contributed by atoms with van der Waals surface area (Å²) in [6.45, 7) is 3.75. The Morgan fingerprint density at radius 2 is 1.50 bits per heavy atom. The van der Waals surface area contributed by atoms with Gasteiger partial charge in [0.2, 0.25) is 0 Å². The first-order chi connectivity index (χ1) is 11.7. The van der Waals surface area contributed by atoms with Gasteiger partial charge in [0.1, 0.15) is 0 Å². The molecule has 3 aromatic carbocycles. The van der Waals surface area contributed by atoms with Gasteiger partial charge in [-0.25, -0.2) is 0 Å². The zero-order valence-corrected chi connectivity index (χ0v) is 13.3. The van der Waals surface area contributed by atoms with Gasteiger partial charge in [-0.1, -0.05) is 54.6 Å². The van der Waals surface area contributed by atoms with E-state index < -0.39 is 6.08 Å². The molecule has 0 aliphatic carbocycles. The van der Waals surface area contributed by atoms with Crippen molar-refractivity contribution in [3.05, 3.63) is 90.5 Å². The predicted octanol–water partition coefficient (Wildman–Crippen LogP) is 6.86. The van der Waals surface area contributed by atoms with Crippen molar-refractivity contribution in [1.29, 1.82) is 0 Å². The summed E-state index contributed by atoms with van der Waals surface area (Å²) >= 11 is 0. The first-order valence-electron chi connectivity index (χ1n) is 7.92. The third-order valence-corrected chi connectivity index (χ3v) is 4.06. The molecule has 0 amide bonds. The lowest BCUT2D eigenvalue weighted by Crippen LogP contribution is -1.84. The zero-order valence-electron chi connectivity index (χ0n) is 13.3. The minimum absolute atomic E-state index is 0.516. The molecule has 0 unspecified atom stereocenters. The Kier molecular flexibility index (Phi) is 4.85. The molecule has 0 atom stereocenters. The second-order valence-corrected chi connectivity index (χ2v) is 5.78. The lowest BCUT2D eigenvalue weighted by atomic mass is 9.98. The number of benzene rings is 3. The van der Waals surface area contributed by atoms with Crippen LogP contribution in [-0.2, 0) is 6.42 Å². The van der Waals surface area contributed by atoms with E-state index in [4.69, 9.17) is 0 Å². The van der Waals surface area contributed by atoms with Crippen LogP contribution in [0.2, 0.25) is 0 Å². The molecule has 3 rings (SSSR count). The van der Waals surface area contributed by atoms with E-state index in [1.54, 1.807) is 12.1 Å². The van der Waals surface area contributed by atoms with Gasteiger partial charge in [0.25, 0.3) is 6.08 Å². The van der Waals surface area contributed by atoms with Crippen molar-refractivity contribution in [2.45, 2.75) is 12.8 Å². The van der Waals surface area contributed by atoms with Crippen molar-refractivity contribution in [3.63, 3.8) is 0 Å². The fourth-order valence-electron chi connectivity index (χ4n) is 2.79. The average Bonchev–Trinajstić information content (AvgIpc) is 2.59. The molecular weight excluding hydrogens is 302 g/mol. The molecular formula is C22H18F2. The minimum atomic E-state index is -1.68. The van der Waals surface area contributed by atoms with Crippen LogP contribution < -0.4 is 0 Å². The molecule has 0 radical (unpaired) electrons. The number of hydrogen-bond donors (Lipinski definition) is 0. The molecule has 0 aromatic heterocycles. The minimum Gasteiger partial charge on any atom is -0.173 e. The lowest BCUT2D eigenvalue weighted by Gasteiger charge is -2.06. The Morgan fingerprint density at radius 3 is 2.21 bits per heavy atom. The summed E-state index contributed by atoms with van der Waals surface area (Å²) in [7, 11) is 0. The number of hydrogen-bond acceptors (Lipinski definition) is 0. The molecule has 120 valence electrons. The van der Waals surface area contributed by atoms with E-state index in [9.17, 15) is 8.78 Å². The zero-order chi connectivity index (χ0) is 16.9. The maximum atomic E-state index is 12.4. The Morgan fingerprint density at radius 1 is 0.833 bits per heavy atom. The summed E-state index contributed by atoms with van der Waals surface area (Å²) in [4.78, 5) is 0. The van der Waals surface area contributed by atoms with Gasteiger partial charge in [0.15, 0.2) is 0 Å². The summed E-state index contributed by atoms with van der Waals surface area (Å²) in [5.74, 6) is 0. The summed E-state index contributed by atoms with van der Waals surface area (Å²) in [6.07, 6.45) is 3.11. The van der Waals surface area contributed by atoms with Crippen molar-refractivity contribution in [1.82, 2.24) is 0 Å². The maximum absolute atomic E-state index is 12.4. The number of aryl methyl sites for hydroxylation is 1. The third-order valence-electron chi connectivity index (χ3n) is 4.06. The quantitative estimate of drug-likeness (QED) is 0.450. The van der Waals surface area contributed by atoms with E-state index >= 15 is 0 Å². The SMILES string of the molecule is C=CCCc1ccc(-c2ccc3cc(C=C(F)F)ccc3c2)cc1. The number of allylic oxidation sites excluding steroid dienone is 1. The first-order valence-corrected chi connectivity index (χ1v) is 7.92. The molecule has 0 fully saturated rings. The highest BCUT2D eigenvalue weighted by molar-refractivity contribution is 5.89. The fourth-order valence-corrected chi connectivity index (χ4v) is 2.79. The molecule has 0 aliphatic rings. The van der Waals surface area contributed by atoms with E-state index in [0.29, 0.717) is 5.56 Å². The predicted molar refractivity (Wildman–Crippen MR) is 98.1 cm³/mol.